The van der Waals surface area contributed by atoms with Crippen LogP contribution in [0.5, 0.6) is 0 Å². The third-order valence-corrected chi connectivity index (χ3v) is 8.49. The van der Waals surface area contributed by atoms with E-state index in [9.17, 15) is 14.4 Å². The number of hydrogen-bond acceptors (Lipinski definition) is 4. The molecule has 4 atom stereocenters. The highest BCUT2D eigenvalue weighted by Crippen LogP contribution is 2.58. The van der Waals surface area contributed by atoms with Crippen LogP contribution in [0.2, 0.25) is 0 Å². The Kier molecular flexibility index (Phi) is 5.32. The van der Waals surface area contributed by atoms with Crippen molar-refractivity contribution in [3.63, 3.8) is 0 Å². The molecule has 3 aromatic carbocycles. The van der Waals surface area contributed by atoms with E-state index in [4.69, 9.17) is 0 Å². The third-order valence-electron chi connectivity index (χ3n) is 7.96. The van der Waals surface area contributed by atoms with Crippen LogP contribution in [0.15, 0.2) is 83.3 Å². The molecule has 1 saturated heterocycles. The monoisotopic (exact) mass is 554 g/mol. The fourth-order valence-corrected chi connectivity index (χ4v) is 6.62. The predicted molar refractivity (Wildman–Crippen MR) is 149 cm³/mol. The van der Waals surface area contributed by atoms with Crippen LogP contribution in [0.25, 0.3) is 6.08 Å². The van der Waals surface area contributed by atoms with Gasteiger partial charge in [-0.1, -0.05) is 97.4 Å². The number of halogens is 1. The van der Waals surface area contributed by atoms with E-state index in [0.29, 0.717) is 11.3 Å². The molecule has 0 aliphatic carbocycles. The molecule has 1 spiro atoms. The molecule has 1 N–H and O–H groups in total. The Hall–Kier alpha value is -3.51. The second-order valence-electron chi connectivity index (χ2n) is 11.0. The van der Waals surface area contributed by atoms with E-state index >= 15 is 0 Å². The molecule has 3 heterocycles. The molecular weight excluding hydrogens is 528 g/mol. The van der Waals surface area contributed by atoms with Gasteiger partial charge in [0.2, 0.25) is 5.91 Å². The molecule has 0 bridgehead atoms. The zero-order chi connectivity index (χ0) is 26.1. The van der Waals surface area contributed by atoms with Crippen LogP contribution in [0, 0.1) is 11.3 Å². The van der Waals surface area contributed by atoms with E-state index in [1.54, 1.807) is 12.1 Å². The van der Waals surface area contributed by atoms with Crippen molar-refractivity contribution >= 4 is 50.9 Å². The van der Waals surface area contributed by atoms with Crippen LogP contribution in [0.1, 0.15) is 42.3 Å². The minimum atomic E-state index is -1.27. The maximum atomic E-state index is 14.6. The molecule has 1 amide bonds. The first-order valence-electron chi connectivity index (χ1n) is 12.5. The molecule has 3 aliphatic heterocycles. The molecule has 1 fully saturated rings. The fourth-order valence-electron chi connectivity index (χ4n) is 6.36. The molecule has 3 aromatic rings. The minimum absolute atomic E-state index is 0.0629. The van der Waals surface area contributed by atoms with Gasteiger partial charge in [-0.05, 0) is 35.4 Å². The van der Waals surface area contributed by atoms with E-state index in [1.807, 2.05) is 98.5 Å². The average Bonchev–Trinajstić information content (AvgIpc) is 3.36. The van der Waals surface area contributed by atoms with Crippen molar-refractivity contribution in [2.75, 3.05) is 10.2 Å². The lowest BCUT2D eigenvalue weighted by Gasteiger charge is -2.38. The van der Waals surface area contributed by atoms with Crippen molar-refractivity contribution in [2.45, 2.75) is 38.3 Å². The Labute approximate surface area is 224 Å². The van der Waals surface area contributed by atoms with Gasteiger partial charge in [0.25, 0.3) is 0 Å². The number of amides is 1. The number of fused-ring (bicyclic) bond motifs is 6. The molecule has 3 aliphatic rings. The first kappa shape index (κ1) is 23.9. The van der Waals surface area contributed by atoms with E-state index < -0.39 is 28.8 Å². The van der Waals surface area contributed by atoms with E-state index in [1.165, 1.54) is 0 Å². The molecule has 4 unspecified atom stereocenters. The number of para-hydroxylation sites is 2. The summed E-state index contributed by atoms with van der Waals surface area (Å²) in [7, 11) is 0. The number of ketones is 2. The summed E-state index contributed by atoms with van der Waals surface area (Å²) in [6, 6.07) is 21.3. The van der Waals surface area contributed by atoms with Crippen LogP contribution in [0.4, 0.5) is 11.4 Å². The topological polar surface area (TPSA) is 66.5 Å². The second kappa shape index (κ2) is 8.25. The van der Waals surface area contributed by atoms with Gasteiger partial charge in [0.05, 0.1) is 12.0 Å². The summed E-state index contributed by atoms with van der Waals surface area (Å²) in [5.41, 5.74) is 1.76. The summed E-state index contributed by atoms with van der Waals surface area (Å²) in [4.78, 5) is 45.2. The Morgan fingerprint density at radius 2 is 1.62 bits per heavy atom. The van der Waals surface area contributed by atoms with E-state index in [-0.39, 0.29) is 17.5 Å². The lowest BCUT2D eigenvalue weighted by molar-refractivity contribution is -0.128. The van der Waals surface area contributed by atoms with E-state index in [2.05, 4.69) is 21.2 Å². The first-order valence-corrected chi connectivity index (χ1v) is 13.3. The Balaban J connectivity index is 1.68. The summed E-state index contributed by atoms with van der Waals surface area (Å²) in [6.45, 7) is 5.64. The molecule has 0 aromatic heterocycles. The summed E-state index contributed by atoms with van der Waals surface area (Å²) >= 11 is 3.45. The lowest BCUT2D eigenvalue weighted by atomic mass is 9.63. The van der Waals surface area contributed by atoms with E-state index in [0.717, 1.165) is 21.3 Å². The highest BCUT2D eigenvalue weighted by molar-refractivity contribution is 9.10. The quantitative estimate of drug-likeness (QED) is 0.401. The average molecular weight is 555 g/mol. The molecule has 0 radical (unpaired) electrons. The van der Waals surface area contributed by atoms with Crippen molar-refractivity contribution in [1.82, 2.24) is 0 Å². The smallest absolute Gasteiger partial charge is 0.238 e. The Morgan fingerprint density at radius 1 is 0.946 bits per heavy atom. The van der Waals surface area contributed by atoms with Crippen molar-refractivity contribution in [2.24, 2.45) is 11.3 Å². The highest BCUT2D eigenvalue weighted by Gasteiger charge is 2.70. The minimum Gasteiger partial charge on any atom is -0.352 e. The van der Waals surface area contributed by atoms with Crippen molar-refractivity contribution < 1.29 is 14.4 Å². The van der Waals surface area contributed by atoms with Crippen molar-refractivity contribution in [3.05, 3.63) is 100 Å². The Morgan fingerprint density at radius 3 is 2.35 bits per heavy atom. The second-order valence-corrected chi connectivity index (χ2v) is 12.0. The number of carbonyl (C=O) groups excluding carboxylic acids is 3. The fraction of sp³-hybridized carbons (Fsp3) is 0.258. The Bertz CT molecular complexity index is 1490. The number of benzene rings is 3. The zero-order valence-corrected chi connectivity index (χ0v) is 22.5. The highest BCUT2D eigenvalue weighted by atomic mass is 79.9. The number of hydrogen-bond donors (Lipinski definition) is 1. The van der Waals surface area contributed by atoms with Gasteiger partial charge in [0.15, 0.2) is 11.6 Å². The van der Waals surface area contributed by atoms with Crippen LogP contribution in [0.3, 0.4) is 0 Å². The first-order chi connectivity index (χ1) is 17.7. The SMILES string of the molecule is CC(C)(C)C(=O)C1C(C(=O)c2ccc(Br)cc2)C2(C(=O)Nc3ccccc32)C2C=Cc3ccccc3N12. The predicted octanol–water partition coefficient (Wildman–Crippen LogP) is 6.04. The summed E-state index contributed by atoms with van der Waals surface area (Å²) in [5.74, 6) is -1.44. The van der Waals surface area contributed by atoms with Crippen molar-refractivity contribution in [3.8, 4) is 0 Å². The molecular formula is C31H27BrN2O3. The van der Waals surface area contributed by atoms with Gasteiger partial charge in [-0.3, -0.25) is 14.4 Å². The lowest BCUT2D eigenvalue weighted by Crippen LogP contribution is -2.51. The van der Waals surface area contributed by atoms with Gasteiger partial charge in [-0.15, -0.1) is 0 Å². The van der Waals surface area contributed by atoms with Crippen LogP contribution in [-0.4, -0.2) is 29.6 Å². The van der Waals surface area contributed by atoms with Crippen LogP contribution < -0.4 is 10.2 Å². The van der Waals surface area contributed by atoms with Gasteiger partial charge >= 0.3 is 0 Å². The number of nitrogens with zero attached hydrogens (tertiary/aromatic N) is 1. The van der Waals surface area contributed by atoms with Crippen molar-refractivity contribution in [1.29, 1.82) is 0 Å². The molecule has 186 valence electrons. The van der Waals surface area contributed by atoms with Gasteiger partial charge in [0.1, 0.15) is 11.5 Å². The largest absolute Gasteiger partial charge is 0.352 e. The maximum absolute atomic E-state index is 14.6. The third kappa shape index (κ3) is 3.31. The molecule has 6 rings (SSSR count). The molecule has 0 saturated carbocycles. The zero-order valence-electron chi connectivity index (χ0n) is 20.9. The number of anilines is 2. The number of nitrogens with one attached hydrogen (secondary N) is 1. The summed E-state index contributed by atoms with van der Waals surface area (Å²) < 4.78 is 0.853. The standard InChI is InChI=1S/C31H27BrN2O3/c1-30(2,3)28(36)26-25(27(35)19-12-15-20(32)16-13-19)31(21-9-5-6-10-22(21)33-29(31)37)24-17-14-18-8-4-7-11-23(18)34(24)26/h4-17,24-26H,1-3H3,(H,33,37). The maximum Gasteiger partial charge on any atom is 0.238 e. The van der Waals surface area contributed by atoms with Crippen LogP contribution >= 0.6 is 15.9 Å². The molecule has 5 nitrogen and oxygen atoms in total. The van der Waals surface area contributed by atoms with Gasteiger partial charge in [-0.2, -0.15) is 0 Å². The number of rotatable bonds is 3. The van der Waals surface area contributed by atoms with Gasteiger partial charge in [-0.25, -0.2) is 0 Å². The van der Waals surface area contributed by atoms with Gasteiger partial charge < -0.3 is 10.2 Å². The molecule has 6 heteroatoms. The number of Topliss-reactive ketones (excluding diaryl/α,β-unsaturated/α-hetero) is 2. The summed E-state index contributed by atoms with van der Waals surface area (Å²) in [5, 5.41) is 3.06. The normalized spacial score (nSPS) is 25.5. The number of carbonyl (C=O) groups is 3. The van der Waals surface area contributed by atoms with Gasteiger partial charge in [0, 0.05) is 26.8 Å². The summed E-state index contributed by atoms with van der Waals surface area (Å²) in [6.07, 6.45) is 4.01. The molecule has 37 heavy (non-hydrogen) atoms. The van der Waals surface area contributed by atoms with Crippen LogP contribution in [-0.2, 0) is 15.0 Å².